The Morgan fingerprint density at radius 2 is 0.829 bits per heavy atom. The fourth-order valence-corrected chi connectivity index (χ4v) is 12.1. The molecule has 0 fully saturated rings. The third-order valence-electron chi connectivity index (χ3n) is 16.2. The second kappa shape index (κ2) is 17.8. The van der Waals surface area contributed by atoms with Crippen LogP contribution in [-0.4, -0.2) is 11.3 Å². The maximum atomic E-state index is 9.71. The number of rotatable bonds is 9. The number of hydrogen-bond donors (Lipinski definition) is 0. The van der Waals surface area contributed by atoms with Crippen LogP contribution in [0.2, 0.25) is 0 Å². The molecule has 3 nitrogen and oxygen atoms in total. The summed E-state index contributed by atoms with van der Waals surface area (Å²) in [5.41, 5.74) is 16.8. The van der Waals surface area contributed by atoms with Gasteiger partial charge in [-0.25, -0.2) is 0 Å². The summed E-state index contributed by atoms with van der Waals surface area (Å²) in [6.07, 6.45) is 0. The average molecular weight is 982 g/mol. The predicted octanol–water partition coefficient (Wildman–Crippen LogP) is 16.9. The Labute approximate surface area is 457 Å². The first-order valence-electron chi connectivity index (χ1n) is 30.0. The molecule has 11 aromatic carbocycles. The van der Waals surface area contributed by atoms with Crippen LogP contribution in [-0.2, 0) is 10.8 Å². The van der Waals surface area contributed by atoms with E-state index in [-0.39, 0.29) is 52.7 Å². The summed E-state index contributed by atoms with van der Waals surface area (Å²) in [6, 6.07) is 73.5. The fraction of sp³-hybridized carbons (Fsp3) is 0.0833. The molecular weight excluding hydrogens is 918 g/mol. The average Bonchev–Trinajstić information content (AvgIpc) is 2.12. The Kier molecular flexibility index (Phi) is 8.80. The second-order valence-electron chi connectivity index (χ2n) is 21.1. The molecule has 0 saturated carbocycles. The SMILES string of the molecule is [2H]c1c([2H])c([2H])c2c(c1[2H])c1c([2H])c([2H])c([2H])c([2H])c1n2-c1cc2c3c(c1)N(c1cccc(C(C)(C)c4ccccc4)c1)c1cc(C(C)(C)c4ccccc4)ccc1B3c1cc(-c3ccccc3)ccc1N2c1ccc(-c2ccccc2)cc1. The van der Waals surface area contributed by atoms with Crippen molar-refractivity contribution in [2.45, 2.75) is 38.5 Å². The van der Waals surface area contributed by atoms with E-state index in [1.165, 1.54) is 0 Å². The molecule has 4 heteroatoms. The molecule has 76 heavy (non-hydrogen) atoms. The lowest BCUT2D eigenvalue weighted by Gasteiger charge is -2.45. The van der Waals surface area contributed by atoms with Crippen LogP contribution in [0.1, 0.15) is 60.9 Å². The molecule has 0 atom stereocenters. The summed E-state index contributed by atoms with van der Waals surface area (Å²) in [6.45, 7) is 8.66. The molecule has 0 saturated heterocycles. The number of fused-ring (bicyclic) bond motifs is 7. The van der Waals surface area contributed by atoms with Crippen molar-refractivity contribution in [3.63, 3.8) is 0 Å². The maximum Gasteiger partial charge on any atom is 0.252 e. The van der Waals surface area contributed by atoms with Gasteiger partial charge in [0.05, 0.1) is 27.7 Å². The Bertz CT molecular complexity index is 4570. The van der Waals surface area contributed by atoms with Gasteiger partial charge in [0.25, 0.3) is 6.71 Å². The lowest BCUT2D eigenvalue weighted by atomic mass is 9.33. The summed E-state index contributed by atoms with van der Waals surface area (Å²) in [5.74, 6) is 0. The van der Waals surface area contributed by atoms with Crippen molar-refractivity contribution >= 4 is 79.0 Å². The fourth-order valence-electron chi connectivity index (χ4n) is 12.1. The highest BCUT2D eigenvalue weighted by Gasteiger charge is 2.45. The molecule has 362 valence electrons. The third-order valence-corrected chi connectivity index (χ3v) is 16.2. The van der Waals surface area contributed by atoms with Gasteiger partial charge in [0, 0.05) is 55.7 Å². The molecule has 0 N–H and O–H groups in total. The van der Waals surface area contributed by atoms with Gasteiger partial charge in [-0.15, -0.1) is 0 Å². The van der Waals surface area contributed by atoms with Crippen LogP contribution in [0.25, 0.3) is 49.7 Å². The van der Waals surface area contributed by atoms with Crippen molar-refractivity contribution in [2.24, 2.45) is 0 Å². The number of para-hydroxylation sites is 2. The summed E-state index contributed by atoms with van der Waals surface area (Å²) in [4.78, 5) is 4.64. The van der Waals surface area contributed by atoms with Crippen LogP contribution in [0.5, 0.6) is 0 Å². The van der Waals surface area contributed by atoms with Crippen LogP contribution in [0, 0.1) is 0 Å². The zero-order valence-corrected chi connectivity index (χ0v) is 42.7. The lowest BCUT2D eigenvalue weighted by Crippen LogP contribution is -2.61. The molecule has 12 aromatic rings. The zero-order valence-electron chi connectivity index (χ0n) is 50.7. The molecule has 1 aromatic heterocycles. The van der Waals surface area contributed by atoms with Crippen LogP contribution in [0.4, 0.5) is 34.1 Å². The van der Waals surface area contributed by atoms with E-state index in [1.807, 2.05) is 36.4 Å². The molecular formula is C72H56BN3. The molecule has 2 aliphatic rings. The quantitative estimate of drug-likeness (QED) is 0.134. The Balaban J connectivity index is 1.15. The monoisotopic (exact) mass is 982 g/mol. The molecule has 0 bridgehead atoms. The minimum Gasteiger partial charge on any atom is -0.311 e. The van der Waals surface area contributed by atoms with Crippen molar-refractivity contribution in [3.8, 4) is 27.9 Å². The molecule has 0 amide bonds. The topological polar surface area (TPSA) is 11.4 Å². The van der Waals surface area contributed by atoms with Gasteiger partial charge in [-0.1, -0.05) is 234 Å². The van der Waals surface area contributed by atoms with E-state index >= 15 is 0 Å². The molecule has 0 radical (unpaired) electrons. The van der Waals surface area contributed by atoms with Gasteiger partial charge in [0.15, 0.2) is 0 Å². The van der Waals surface area contributed by atoms with E-state index in [2.05, 4.69) is 219 Å². The van der Waals surface area contributed by atoms with Gasteiger partial charge >= 0.3 is 0 Å². The highest BCUT2D eigenvalue weighted by atomic mass is 15.2. The van der Waals surface area contributed by atoms with E-state index in [4.69, 9.17) is 5.48 Å². The summed E-state index contributed by atoms with van der Waals surface area (Å²) in [5, 5.41) is 0.0374. The summed E-state index contributed by atoms with van der Waals surface area (Å²) in [7, 11) is 0. The van der Waals surface area contributed by atoms with Crippen LogP contribution in [0.3, 0.4) is 0 Å². The van der Waals surface area contributed by atoms with E-state index in [0.29, 0.717) is 5.69 Å². The van der Waals surface area contributed by atoms with Crippen molar-refractivity contribution in [1.82, 2.24) is 4.57 Å². The van der Waals surface area contributed by atoms with E-state index in [0.717, 1.165) is 95.0 Å². The zero-order chi connectivity index (χ0) is 58.1. The third kappa shape index (κ3) is 7.27. The molecule has 3 heterocycles. The van der Waals surface area contributed by atoms with E-state index < -0.39 is 35.0 Å². The minimum absolute atomic E-state index is 0.0187. The first-order chi connectivity index (χ1) is 40.5. The summed E-state index contributed by atoms with van der Waals surface area (Å²) < 4.78 is 76.1. The van der Waals surface area contributed by atoms with Gasteiger partial charge in [-0.2, -0.15) is 0 Å². The molecule has 14 rings (SSSR count). The van der Waals surface area contributed by atoms with Crippen molar-refractivity contribution in [1.29, 1.82) is 0 Å². The van der Waals surface area contributed by atoms with Crippen LogP contribution in [0.15, 0.2) is 267 Å². The van der Waals surface area contributed by atoms with Gasteiger partial charge in [0.2, 0.25) is 0 Å². The first-order valence-corrected chi connectivity index (χ1v) is 26.0. The van der Waals surface area contributed by atoms with Crippen LogP contribution < -0.4 is 26.2 Å². The number of hydrogen-bond acceptors (Lipinski definition) is 2. The Morgan fingerprint density at radius 3 is 1.42 bits per heavy atom. The predicted molar refractivity (Wildman–Crippen MR) is 323 cm³/mol. The van der Waals surface area contributed by atoms with E-state index in [1.54, 1.807) is 4.57 Å². The Morgan fingerprint density at radius 1 is 0.342 bits per heavy atom. The van der Waals surface area contributed by atoms with Gasteiger partial charge in [-0.3, -0.25) is 0 Å². The largest absolute Gasteiger partial charge is 0.311 e. The lowest BCUT2D eigenvalue weighted by molar-refractivity contribution is 0.640. The Hall–Kier alpha value is -9.12. The standard InChI is InChI=1S/C72H56BN3/c1-71(2,53-26-13-7-14-27-53)55-30-21-31-58(45-55)75-67-46-56(72(3,4)54-28-15-8-16-29-54)39-42-62(67)73-63-44-52(50-24-11-6-12-25-50)38-43-66(63)74(57-40-36-51(37-41-57)49-22-9-5-10-23-49)68-47-59(48-69(75)70(68)73)76-64-34-19-17-32-60(64)61-33-18-20-35-65(61)76/h5-48H,1-4H3/i17D,18D,19D,20D,32D,33D,34D,35D. The van der Waals surface area contributed by atoms with Gasteiger partial charge < -0.3 is 14.4 Å². The number of nitrogens with zero attached hydrogens (tertiary/aromatic N) is 3. The second-order valence-corrected chi connectivity index (χ2v) is 21.1. The van der Waals surface area contributed by atoms with Crippen molar-refractivity contribution < 1.29 is 11.0 Å². The normalized spacial score (nSPS) is 14.4. The number of anilines is 6. The van der Waals surface area contributed by atoms with Crippen LogP contribution >= 0.6 is 0 Å². The minimum atomic E-state index is -0.491. The highest BCUT2D eigenvalue weighted by Crippen LogP contribution is 2.49. The number of aromatic nitrogens is 1. The molecule has 0 aliphatic carbocycles. The smallest absolute Gasteiger partial charge is 0.252 e. The molecule has 0 unspecified atom stereocenters. The van der Waals surface area contributed by atoms with E-state index in [9.17, 15) is 5.48 Å². The highest BCUT2D eigenvalue weighted by molar-refractivity contribution is 7.00. The maximum absolute atomic E-state index is 9.71. The first kappa shape index (κ1) is 37.6. The van der Waals surface area contributed by atoms with Gasteiger partial charge in [-0.05, 0) is 122 Å². The molecule has 0 spiro atoms. The van der Waals surface area contributed by atoms with Gasteiger partial charge in [0.1, 0.15) is 0 Å². The summed E-state index contributed by atoms with van der Waals surface area (Å²) >= 11 is 0. The molecule has 2 aliphatic heterocycles. The van der Waals surface area contributed by atoms with Crippen molar-refractivity contribution in [2.75, 3.05) is 9.80 Å². The van der Waals surface area contributed by atoms with Crippen molar-refractivity contribution in [3.05, 3.63) is 289 Å². The number of benzene rings is 11.